The van der Waals surface area contributed by atoms with Crippen molar-refractivity contribution in [1.29, 1.82) is 0 Å². The number of benzene rings is 3. The summed E-state index contributed by atoms with van der Waals surface area (Å²) in [6, 6.07) is 16.0. The maximum Gasteiger partial charge on any atom is 0.264 e. The molecule has 0 radical (unpaired) electrons. The first kappa shape index (κ1) is 27.1. The van der Waals surface area contributed by atoms with Gasteiger partial charge in [0.15, 0.2) is 0 Å². The molecule has 0 unspecified atom stereocenters. The molecule has 0 aromatic heterocycles. The van der Waals surface area contributed by atoms with Crippen LogP contribution in [0.15, 0.2) is 65.6 Å². The number of fused-ring (bicyclic) bond motifs is 1. The zero-order valence-corrected chi connectivity index (χ0v) is 22.4. The molecule has 1 N–H and O–H groups in total. The number of ether oxygens (including phenoxy) is 1. The summed E-state index contributed by atoms with van der Waals surface area (Å²) in [6.45, 7) is 4.85. The minimum Gasteiger partial charge on any atom is -0.486 e. The van der Waals surface area contributed by atoms with Crippen LogP contribution < -0.4 is 9.04 Å². The second kappa shape index (κ2) is 10.4. The standard InChI is InChI=1S/C28H29ClFNO5S/c1-18-6-4-7-21(14-18)37(34,35)31-16-20(11-13-26(33)28(2,3)17-32)36-25-12-10-19(15-24(25)31)22-8-5-9-23(30)27(22)29/h4-10,12,14-15,20,32H,11,13,16-17H2,1-3H3/t20-/m0/s1. The maximum atomic E-state index is 14.1. The Balaban J connectivity index is 1.75. The quantitative estimate of drug-likeness (QED) is 0.388. The lowest BCUT2D eigenvalue weighted by Gasteiger charge is -2.36. The van der Waals surface area contributed by atoms with Gasteiger partial charge in [-0.15, -0.1) is 0 Å². The Bertz CT molecular complexity index is 1440. The third kappa shape index (κ3) is 5.51. The van der Waals surface area contributed by atoms with E-state index in [4.69, 9.17) is 16.3 Å². The number of carbonyl (C=O) groups excluding carboxylic acids is 1. The summed E-state index contributed by atoms with van der Waals surface area (Å²) in [5, 5.41) is 9.45. The van der Waals surface area contributed by atoms with Gasteiger partial charge in [-0.25, -0.2) is 12.8 Å². The van der Waals surface area contributed by atoms with Gasteiger partial charge in [-0.3, -0.25) is 9.10 Å². The van der Waals surface area contributed by atoms with Crippen molar-refractivity contribution in [2.75, 3.05) is 17.5 Å². The fourth-order valence-electron chi connectivity index (χ4n) is 4.21. The van der Waals surface area contributed by atoms with Gasteiger partial charge in [0, 0.05) is 17.4 Å². The van der Waals surface area contributed by atoms with E-state index in [1.165, 1.54) is 22.5 Å². The average molecular weight is 546 g/mol. The second-order valence-corrected chi connectivity index (χ2v) is 12.1. The molecule has 0 saturated carbocycles. The largest absolute Gasteiger partial charge is 0.486 e. The van der Waals surface area contributed by atoms with Crippen molar-refractivity contribution in [1.82, 2.24) is 0 Å². The molecule has 1 heterocycles. The number of carbonyl (C=O) groups is 1. The molecule has 4 rings (SSSR count). The topological polar surface area (TPSA) is 83.9 Å². The molecule has 1 aliphatic heterocycles. The highest BCUT2D eigenvalue weighted by atomic mass is 35.5. The fourth-order valence-corrected chi connectivity index (χ4v) is 6.04. The second-order valence-electron chi connectivity index (χ2n) is 9.88. The number of hydrogen-bond acceptors (Lipinski definition) is 5. The van der Waals surface area contributed by atoms with E-state index in [0.717, 1.165) is 5.56 Å². The number of nitrogens with zero attached hydrogens (tertiary/aromatic N) is 1. The van der Waals surface area contributed by atoms with Crippen LogP contribution in [0.3, 0.4) is 0 Å². The number of sulfonamides is 1. The van der Waals surface area contributed by atoms with Crippen LogP contribution in [0.4, 0.5) is 10.1 Å². The number of aliphatic hydroxyl groups is 1. The van der Waals surface area contributed by atoms with Gasteiger partial charge in [0.1, 0.15) is 23.5 Å². The maximum absolute atomic E-state index is 14.1. The van der Waals surface area contributed by atoms with Gasteiger partial charge in [-0.2, -0.15) is 0 Å². The lowest BCUT2D eigenvalue weighted by molar-refractivity contribution is -0.129. The summed E-state index contributed by atoms with van der Waals surface area (Å²) in [5.41, 5.74) is 1.17. The summed E-state index contributed by atoms with van der Waals surface area (Å²) >= 11 is 6.21. The van der Waals surface area contributed by atoms with E-state index in [1.54, 1.807) is 50.2 Å². The molecule has 3 aromatic rings. The summed E-state index contributed by atoms with van der Waals surface area (Å²) in [6.07, 6.45) is -0.184. The minimum absolute atomic E-state index is 0.0174. The summed E-state index contributed by atoms with van der Waals surface area (Å²) in [4.78, 5) is 12.7. The van der Waals surface area contributed by atoms with Crippen molar-refractivity contribution >= 4 is 33.1 Å². The van der Waals surface area contributed by atoms with Crippen molar-refractivity contribution in [3.05, 3.63) is 77.1 Å². The molecule has 1 aliphatic rings. The number of rotatable bonds is 8. The number of anilines is 1. The van der Waals surface area contributed by atoms with Gasteiger partial charge in [-0.05, 0) is 54.8 Å². The van der Waals surface area contributed by atoms with Crippen molar-refractivity contribution in [3.63, 3.8) is 0 Å². The van der Waals surface area contributed by atoms with E-state index in [0.29, 0.717) is 22.6 Å². The Kier molecular flexibility index (Phi) is 7.65. The Morgan fingerprint density at radius 2 is 1.89 bits per heavy atom. The minimum atomic E-state index is -4.00. The van der Waals surface area contributed by atoms with E-state index in [9.17, 15) is 22.7 Å². The molecule has 0 bridgehead atoms. The smallest absolute Gasteiger partial charge is 0.264 e. The Hall–Kier alpha value is -2.94. The van der Waals surface area contributed by atoms with Crippen LogP contribution >= 0.6 is 11.6 Å². The fraction of sp³-hybridized carbons (Fsp3) is 0.321. The van der Waals surface area contributed by atoms with Crippen molar-refractivity contribution in [3.8, 4) is 16.9 Å². The van der Waals surface area contributed by atoms with Crippen LogP contribution in [-0.2, 0) is 14.8 Å². The summed E-state index contributed by atoms with van der Waals surface area (Å²) in [5.74, 6) is -0.376. The van der Waals surface area contributed by atoms with Crippen LogP contribution in [-0.4, -0.2) is 38.6 Å². The lowest BCUT2D eigenvalue weighted by atomic mass is 9.86. The van der Waals surface area contributed by atoms with E-state index in [2.05, 4.69) is 0 Å². The molecule has 0 fully saturated rings. The first-order chi connectivity index (χ1) is 17.4. The van der Waals surface area contributed by atoms with Gasteiger partial charge in [0.25, 0.3) is 10.0 Å². The van der Waals surface area contributed by atoms with Gasteiger partial charge in [0.05, 0.1) is 28.8 Å². The Morgan fingerprint density at radius 1 is 1.16 bits per heavy atom. The molecule has 0 saturated heterocycles. The summed E-state index contributed by atoms with van der Waals surface area (Å²) in [7, 11) is -4.00. The molecule has 0 amide bonds. The van der Waals surface area contributed by atoms with E-state index in [1.807, 2.05) is 13.0 Å². The first-order valence-electron chi connectivity index (χ1n) is 11.9. The molecule has 3 aromatic carbocycles. The molecule has 6 nitrogen and oxygen atoms in total. The highest BCUT2D eigenvalue weighted by molar-refractivity contribution is 7.92. The zero-order chi connectivity index (χ0) is 27.0. The van der Waals surface area contributed by atoms with Crippen molar-refractivity contribution in [2.45, 2.75) is 44.6 Å². The number of hydrogen-bond donors (Lipinski definition) is 1. The van der Waals surface area contributed by atoms with Crippen LogP contribution in [0.5, 0.6) is 5.75 Å². The SMILES string of the molecule is Cc1cccc(S(=O)(=O)N2C[C@H](CCC(=O)C(C)(C)CO)Oc3ccc(-c4cccc(F)c4Cl)cc32)c1. The highest BCUT2D eigenvalue weighted by Crippen LogP contribution is 2.42. The predicted molar refractivity (Wildman–Crippen MR) is 142 cm³/mol. The molecule has 37 heavy (non-hydrogen) atoms. The van der Waals surface area contributed by atoms with Gasteiger partial charge in [-0.1, -0.05) is 55.8 Å². The van der Waals surface area contributed by atoms with Crippen molar-refractivity contribution < 1.29 is 27.4 Å². The van der Waals surface area contributed by atoms with Crippen LogP contribution in [0.1, 0.15) is 32.3 Å². The first-order valence-corrected chi connectivity index (χ1v) is 13.7. The number of aryl methyl sites for hydroxylation is 1. The normalized spacial score (nSPS) is 15.7. The van der Waals surface area contributed by atoms with E-state index < -0.39 is 27.4 Å². The molecular weight excluding hydrogens is 517 g/mol. The zero-order valence-electron chi connectivity index (χ0n) is 20.9. The van der Waals surface area contributed by atoms with E-state index in [-0.39, 0.29) is 41.7 Å². The van der Waals surface area contributed by atoms with Gasteiger partial charge >= 0.3 is 0 Å². The van der Waals surface area contributed by atoms with Crippen LogP contribution in [0.25, 0.3) is 11.1 Å². The lowest BCUT2D eigenvalue weighted by Crippen LogP contribution is -2.44. The third-order valence-electron chi connectivity index (χ3n) is 6.57. The number of ketones is 1. The number of halogens is 2. The van der Waals surface area contributed by atoms with Crippen molar-refractivity contribution in [2.24, 2.45) is 5.41 Å². The predicted octanol–water partition coefficient (Wildman–Crippen LogP) is 5.78. The molecule has 196 valence electrons. The average Bonchev–Trinajstić information content (AvgIpc) is 2.88. The van der Waals surface area contributed by atoms with Crippen LogP contribution in [0, 0.1) is 18.2 Å². The Labute approximate surface area is 221 Å². The molecule has 0 aliphatic carbocycles. The monoisotopic (exact) mass is 545 g/mol. The van der Waals surface area contributed by atoms with Gasteiger partial charge < -0.3 is 9.84 Å². The molecule has 1 atom stereocenters. The number of Topliss-reactive ketones (excluding diaryl/α,β-unsaturated/α-hetero) is 1. The summed E-state index contributed by atoms with van der Waals surface area (Å²) < 4.78 is 49.2. The third-order valence-corrected chi connectivity index (χ3v) is 8.73. The molecular formula is C28H29ClFNO5S. The Morgan fingerprint density at radius 3 is 2.59 bits per heavy atom. The van der Waals surface area contributed by atoms with E-state index >= 15 is 0 Å². The molecule has 9 heteroatoms. The number of aliphatic hydroxyl groups excluding tert-OH is 1. The highest BCUT2D eigenvalue weighted by Gasteiger charge is 2.36. The van der Waals surface area contributed by atoms with Gasteiger partial charge in [0.2, 0.25) is 0 Å². The van der Waals surface area contributed by atoms with Crippen LogP contribution in [0.2, 0.25) is 5.02 Å². The molecule has 0 spiro atoms.